The van der Waals surface area contributed by atoms with Gasteiger partial charge in [0.2, 0.25) is 11.8 Å². The largest absolute Gasteiger partial charge is 0.350 e. The fraction of sp³-hybridized carbons (Fsp3) is 0.609. The molecule has 2 amide bonds. The van der Waals surface area contributed by atoms with E-state index in [0.717, 1.165) is 17.5 Å². The molecule has 3 fully saturated rings. The van der Waals surface area contributed by atoms with Crippen LogP contribution in [0.25, 0.3) is 0 Å². The first kappa shape index (κ1) is 24.9. The van der Waals surface area contributed by atoms with E-state index in [4.69, 9.17) is 16.9 Å². The lowest BCUT2D eigenvalue weighted by molar-refractivity contribution is -0.142. The fourth-order valence-electron chi connectivity index (χ4n) is 4.92. The molecule has 0 spiro atoms. The highest BCUT2D eigenvalue weighted by Gasteiger charge is 2.44. The van der Waals surface area contributed by atoms with Crippen molar-refractivity contribution in [2.24, 2.45) is 11.8 Å². The van der Waals surface area contributed by atoms with Gasteiger partial charge in [0.15, 0.2) is 0 Å². The Balaban J connectivity index is 1.36. The topological polar surface area (TPSA) is 114 Å². The summed E-state index contributed by atoms with van der Waals surface area (Å²) >= 11 is 6.00. The minimum Gasteiger partial charge on any atom is -0.350 e. The minimum absolute atomic E-state index is 0.115. The predicted molar refractivity (Wildman–Crippen MR) is 127 cm³/mol. The van der Waals surface area contributed by atoms with Crippen LogP contribution in [0, 0.1) is 30.1 Å². The number of nitriles is 1. The number of rotatable bonds is 6. The van der Waals surface area contributed by atoms with Crippen molar-refractivity contribution in [3.63, 3.8) is 0 Å². The number of carbonyl (C=O) groups is 2. The average molecular weight is 508 g/mol. The van der Waals surface area contributed by atoms with Crippen LogP contribution in [-0.4, -0.2) is 72.5 Å². The summed E-state index contributed by atoms with van der Waals surface area (Å²) in [5.41, 5.74) is 1.95. The molecule has 11 heteroatoms. The maximum absolute atomic E-state index is 13.4. The molecular weight excluding hydrogens is 478 g/mol. The van der Waals surface area contributed by atoms with E-state index in [9.17, 15) is 18.0 Å². The van der Waals surface area contributed by atoms with Crippen LogP contribution in [-0.2, 0) is 26.3 Å². The van der Waals surface area contributed by atoms with Crippen LogP contribution in [0.3, 0.4) is 0 Å². The Labute approximate surface area is 205 Å². The normalized spacial score (nSPS) is 24.4. The Hall–Kier alpha value is -2.19. The predicted octanol–water partition coefficient (Wildman–Crippen LogP) is 1.67. The molecule has 184 valence electrons. The molecule has 3 heterocycles. The van der Waals surface area contributed by atoms with E-state index in [-0.39, 0.29) is 37.4 Å². The van der Waals surface area contributed by atoms with Crippen molar-refractivity contribution in [3.8, 4) is 6.07 Å². The lowest BCUT2D eigenvalue weighted by Crippen LogP contribution is -2.57. The Morgan fingerprint density at radius 1 is 1.15 bits per heavy atom. The maximum atomic E-state index is 13.4. The first-order valence-electron chi connectivity index (χ1n) is 11.7. The quantitative estimate of drug-likeness (QED) is 0.629. The van der Waals surface area contributed by atoms with E-state index in [0.29, 0.717) is 43.9 Å². The number of hydrogen-bond acceptors (Lipinski definition) is 5. The highest BCUT2D eigenvalue weighted by atomic mass is 35.5. The van der Waals surface area contributed by atoms with Gasteiger partial charge in [0.25, 0.3) is 10.2 Å². The van der Waals surface area contributed by atoms with Gasteiger partial charge in [-0.25, -0.2) is 0 Å². The van der Waals surface area contributed by atoms with E-state index in [1.54, 1.807) is 11.0 Å². The molecule has 1 aromatic rings. The van der Waals surface area contributed by atoms with Crippen LogP contribution in [0.4, 0.5) is 0 Å². The molecule has 2 atom stereocenters. The molecule has 3 saturated heterocycles. The van der Waals surface area contributed by atoms with Crippen molar-refractivity contribution in [1.29, 1.82) is 5.26 Å². The van der Waals surface area contributed by atoms with Crippen LogP contribution < -0.4 is 5.32 Å². The zero-order valence-electron chi connectivity index (χ0n) is 19.2. The second kappa shape index (κ2) is 10.2. The number of nitrogens with zero attached hydrogens (tertiary/aromatic N) is 4. The Morgan fingerprint density at radius 2 is 1.88 bits per heavy atom. The molecule has 3 aliphatic heterocycles. The monoisotopic (exact) mass is 507 g/mol. The number of nitrogens with one attached hydrogen (secondary N) is 1. The zero-order chi connectivity index (χ0) is 24.5. The zero-order valence-corrected chi connectivity index (χ0v) is 20.8. The summed E-state index contributed by atoms with van der Waals surface area (Å²) in [7, 11) is -3.68. The van der Waals surface area contributed by atoms with Crippen molar-refractivity contribution in [2.45, 2.75) is 45.2 Å². The van der Waals surface area contributed by atoms with E-state index in [1.807, 2.05) is 19.1 Å². The van der Waals surface area contributed by atoms with E-state index in [2.05, 4.69) is 11.4 Å². The molecule has 1 aromatic carbocycles. The van der Waals surface area contributed by atoms with Gasteiger partial charge in [0.1, 0.15) is 6.04 Å². The van der Waals surface area contributed by atoms with Gasteiger partial charge in [0.05, 0.1) is 17.9 Å². The SMILES string of the molecule is Cc1cc(Cl)ccc1CNC(=O)[C@H]1CCCN1C(=O)[C@H]1CCCN(S(=O)(=O)N2CC(C#N)C2)C1. The van der Waals surface area contributed by atoms with Crippen LogP contribution in [0.5, 0.6) is 0 Å². The number of amides is 2. The van der Waals surface area contributed by atoms with Crippen molar-refractivity contribution in [1.82, 2.24) is 18.8 Å². The van der Waals surface area contributed by atoms with Gasteiger partial charge in [-0.3, -0.25) is 9.59 Å². The molecular formula is C23H30ClN5O4S. The van der Waals surface area contributed by atoms with Crippen LogP contribution in [0.15, 0.2) is 18.2 Å². The molecule has 0 bridgehead atoms. The first-order chi connectivity index (χ1) is 16.2. The molecule has 0 aliphatic carbocycles. The summed E-state index contributed by atoms with van der Waals surface area (Å²) in [4.78, 5) is 27.9. The van der Waals surface area contributed by atoms with Crippen molar-refractivity contribution >= 4 is 33.6 Å². The van der Waals surface area contributed by atoms with E-state index in [1.165, 1.54) is 8.61 Å². The van der Waals surface area contributed by atoms with E-state index < -0.39 is 22.2 Å². The van der Waals surface area contributed by atoms with Gasteiger partial charge in [0, 0.05) is 44.3 Å². The van der Waals surface area contributed by atoms with Gasteiger partial charge >= 0.3 is 0 Å². The molecule has 9 nitrogen and oxygen atoms in total. The van der Waals surface area contributed by atoms with Crippen LogP contribution >= 0.6 is 11.6 Å². The summed E-state index contributed by atoms with van der Waals surface area (Å²) < 4.78 is 28.5. The van der Waals surface area contributed by atoms with Crippen LogP contribution in [0.2, 0.25) is 5.02 Å². The van der Waals surface area contributed by atoms with Gasteiger partial charge in [-0.2, -0.15) is 22.3 Å². The van der Waals surface area contributed by atoms with E-state index >= 15 is 0 Å². The van der Waals surface area contributed by atoms with Crippen molar-refractivity contribution in [3.05, 3.63) is 34.3 Å². The molecule has 0 radical (unpaired) electrons. The number of benzene rings is 1. The molecule has 0 saturated carbocycles. The summed E-state index contributed by atoms with van der Waals surface area (Å²) in [6, 6.07) is 7.05. The Bertz CT molecular complexity index is 1100. The molecule has 0 unspecified atom stereocenters. The maximum Gasteiger partial charge on any atom is 0.282 e. The van der Waals surface area contributed by atoms with Crippen molar-refractivity contribution < 1.29 is 18.0 Å². The van der Waals surface area contributed by atoms with Gasteiger partial charge in [-0.1, -0.05) is 17.7 Å². The lowest BCUT2D eigenvalue weighted by atomic mass is 9.97. The average Bonchev–Trinajstić information content (AvgIpc) is 3.27. The number of likely N-dealkylation sites (tertiary alicyclic amines) is 1. The van der Waals surface area contributed by atoms with Crippen LogP contribution in [0.1, 0.15) is 36.8 Å². The second-order valence-electron chi connectivity index (χ2n) is 9.33. The fourth-order valence-corrected chi connectivity index (χ4v) is 6.94. The lowest BCUT2D eigenvalue weighted by Gasteiger charge is -2.41. The molecule has 1 N–H and O–H groups in total. The van der Waals surface area contributed by atoms with Crippen molar-refractivity contribution in [2.75, 3.05) is 32.7 Å². The van der Waals surface area contributed by atoms with Gasteiger partial charge in [-0.05, 0) is 55.9 Å². The number of piperidine rings is 1. The number of aryl methyl sites for hydroxylation is 1. The molecule has 0 aromatic heterocycles. The first-order valence-corrected chi connectivity index (χ1v) is 13.5. The summed E-state index contributed by atoms with van der Waals surface area (Å²) in [5.74, 6) is -1.08. The standard InChI is InChI=1S/C23H30ClN5O4S/c1-16-10-20(24)7-6-18(16)12-26-22(30)21-5-3-9-29(21)23(31)19-4-2-8-27(15-19)34(32,33)28-13-17(11-25)14-28/h6-7,10,17,19,21H,2-5,8-9,12-15H2,1H3,(H,26,30)/t19-,21+/m0/s1. The minimum atomic E-state index is -3.68. The summed E-state index contributed by atoms with van der Waals surface area (Å²) in [6.07, 6.45) is 2.52. The molecule has 34 heavy (non-hydrogen) atoms. The third kappa shape index (κ3) is 5.08. The highest BCUT2D eigenvalue weighted by molar-refractivity contribution is 7.86. The number of hydrogen-bond donors (Lipinski definition) is 1. The highest BCUT2D eigenvalue weighted by Crippen LogP contribution is 2.29. The smallest absolute Gasteiger partial charge is 0.282 e. The number of carbonyl (C=O) groups excluding carboxylic acids is 2. The summed E-state index contributed by atoms with van der Waals surface area (Å²) in [5, 5.41) is 12.5. The Kier molecular flexibility index (Phi) is 7.48. The number of halogens is 1. The third-order valence-corrected chi connectivity index (χ3v) is 9.18. The molecule has 3 aliphatic rings. The second-order valence-corrected chi connectivity index (χ2v) is 11.7. The Morgan fingerprint density at radius 3 is 2.59 bits per heavy atom. The molecule has 4 rings (SSSR count). The summed E-state index contributed by atoms with van der Waals surface area (Å²) in [6.45, 7) is 3.67. The third-order valence-electron chi connectivity index (χ3n) is 7.01. The van der Waals surface area contributed by atoms with Gasteiger partial charge < -0.3 is 10.2 Å². The van der Waals surface area contributed by atoms with Gasteiger partial charge in [-0.15, -0.1) is 0 Å².